The molecule has 3 rings (SSSR count). The quantitative estimate of drug-likeness (QED) is 0.423. The van der Waals surface area contributed by atoms with Crippen molar-refractivity contribution in [2.45, 2.75) is 19.3 Å². The van der Waals surface area contributed by atoms with E-state index >= 15 is 0 Å². The zero-order valence-electron chi connectivity index (χ0n) is 16.4. The first kappa shape index (κ1) is 22.0. The molecule has 1 aliphatic rings. The zero-order valence-corrected chi connectivity index (χ0v) is 16.4. The van der Waals surface area contributed by atoms with Crippen molar-refractivity contribution in [1.82, 2.24) is 19.8 Å². The number of aromatic nitrogens is 2. The minimum atomic E-state index is -4.84. The number of halogens is 4. The molecule has 0 bridgehead atoms. The Morgan fingerprint density at radius 3 is 2.61 bits per heavy atom. The molecule has 0 fully saturated rings. The fraction of sp³-hybridized carbons (Fsp3) is 0.263. The number of fused-ring (bicyclic) bond motifs is 1. The number of alkyl halides is 3. The number of anilines is 1. The van der Waals surface area contributed by atoms with E-state index in [1.54, 1.807) is 19.0 Å². The number of ketones is 1. The van der Waals surface area contributed by atoms with Gasteiger partial charge in [-0.15, -0.1) is 0 Å². The maximum Gasteiger partial charge on any atom is 0.416 e. The minimum absolute atomic E-state index is 0.0664. The Kier molecular flexibility index (Phi) is 5.82. The predicted octanol–water partition coefficient (Wildman–Crippen LogP) is 2.18. The first-order valence-corrected chi connectivity index (χ1v) is 8.90. The number of rotatable bonds is 5. The molecule has 12 heteroatoms. The van der Waals surface area contributed by atoms with Crippen molar-refractivity contribution in [1.29, 1.82) is 0 Å². The van der Waals surface area contributed by atoms with Crippen LogP contribution in [-0.2, 0) is 24.1 Å². The number of allylic oxidation sites excluding steroid dienone is 1. The lowest BCUT2D eigenvalue weighted by atomic mass is 10.1. The highest BCUT2D eigenvalue weighted by molar-refractivity contribution is 6.06. The zero-order chi connectivity index (χ0) is 22.9. The van der Waals surface area contributed by atoms with Crippen LogP contribution in [0.2, 0.25) is 0 Å². The molecule has 2 amide bonds. The lowest BCUT2D eigenvalue weighted by Crippen LogP contribution is -2.35. The van der Waals surface area contributed by atoms with Gasteiger partial charge < -0.3 is 20.1 Å². The average Bonchev–Trinajstić information content (AvgIpc) is 3.02. The molecule has 2 aromatic rings. The van der Waals surface area contributed by atoms with Gasteiger partial charge in [-0.3, -0.25) is 14.4 Å². The maximum atomic E-state index is 13.6. The Labute approximate surface area is 173 Å². The fourth-order valence-electron chi connectivity index (χ4n) is 2.86. The second-order valence-electron chi connectivity index (χ2n) is 6.92. The Balaban J connectivity index is 1.96. The van der Waals surface area contributed by atoms with Gasteiger partial charge in [-0.2, -0.15) is 13.2 Å². The van der Waals surface area contributed by atoms with Crippen LogP contribution in [0.3, 0.4) is 0 Å². The number of carbonyl (C=O) groups is 3. The number of carbonyl (C=O) groups excluding carboxylic acids is 3. The van der Waals surface area contributed by atoms with Gasteiger partial charge in [0.2, 0.25) is 11.7 Å². The molecule has 0 spiro atoms. The van der Waals surface area contributed by atoms with Crippen LogP contribution in [0, 0.1) is 5.82 Å². The Morgan fingerprint density at radius 1 is 1.26 bits per heavy atom. The number of hydrogen-bond acceptors (Lipinski definition) is 5. The molecule has 0 aliphatic carbocycles. The smallest absolute Gasteiger partial charge is 0.383 e. The summed E-state index contributed by atoms with van der Waals surface area (Å²) in [5, 5.41) is 4.84. The topological polar surface area (TPSA) is 96.3 Å². The summed E-state index contributed by atoms with van der Waals surface area (Å²) in [6.07, 6.45) is -2.15. The summed E-state index contributed by atoms with van der Waals surface area (Å²) in [6, 6.07) is 1.44. The van der Waals surface area contributed by atoms with E-state index in [9.17, 15) is 31.9 Å². The third-order valence-electron chi connectivity index (χ3n) is 4.29. The molecule has 8 nitrogen and oxygen atoms in total. The molecule has 0 unspecified atom stereocenters. The van der Waals surface area contributed by atoms with Crippen LogP contribution >= 0.6 is 0 Å². The summed E-state index contributed by atoms with van der Waals surface area (Å²) in [6.45, 7) is -0.295. The number of benzene rings is 1. The molecular formula is C19H17F4N5O3. The van der Waals surface area contributed by atoms with Gasteiger partial charge in [0.05, 0.1) is 17.8 Å². The van der Waals surface area contributed by atoms with Crippen molar-refractivity contribution >= 4 is 23.4 Å². The lowest BCUT2D eigenvalue weighted by Gasteiger charge is -2.17. The minimum Gasteiger partial charge on any atom is -0.383 e. The summed E-state index contributed by atoms with van der Waals surface area (Å²) >= 11 is 0. The summed E-state index contributed by atoms with van der Waals surface area (Å²) in [5.74, 6) is -3.46. The van der Waals surface area contributed by atoms with Crippen LogP contribution in [0.1, 0.15) is 32.2 Å². The van der Waals surface area contributed by atoms with E-state index < -0.39 is 34.8 Å². The molecule has 1 aromatic carbocycles. The van der Waals surface area contributed by atoms with Crippen molar-refractivity contribution in [3.63, 3.8) is 0 Å². The van der Waals surface area contributed by atoms with Gasteiger partial charge in [-0.1, -0.05) is 0 Å². The largest absolute Gasteiger partial charge is 0.416 e. The molecule has 0 saturated carbocycles. The lowest BCUT2D eigenvalue weighted by molar-refractivity contribution is -0.137. The van der Waals surface area contributed by atoms with Gasteiger partial charge in [0, 0.05) is 31.9 Å². The molecule has 1 aliphatic heterocycles. The Morgan fingerprint density at radius 2 is 1.97 bits per heavy atom. The van der Waals surface area contributed by atoms with Crippen molar-refractivity contribution < 1.29 is 31.9 Å². The predicted molar refractivity (Wildman–Crippen MR) is 101 cm³/mol. The molecular weight excluding hydrogens is 422 g/mol. The standard InChI is InChI=1S/C19H17F4N5O3/c1-27(2)4-3-14(29)17-25-16(13-8-24-15(30)9-28(13)17)26-18(31)10-5-11(19(21,22)23)7-12(20)6-10/h3-7H,8-9H2,1-2H3,(H,24,30)(H,26,31)/b4-3-. The fourth-order valence-corrected chi connectivity index (χ4v) is 2.86. The summed E-state index contributed by atoms with van der Waals surface area (Å²) in [7, 11) is 3.39. The Hall–Kier alpha value is -3.70. The summed E-state index contributed by atoms with van der Waals surface area (Å²) < 4.78 is 53.7. The average molecular weight is 439 g/mol. The van der Waals surface area contributed by atoms with Crippen LogP contribution in [-0.4, -0.2) is 46.1 Å². The van der Waals surface area contributed by atoms with Crippen LogP contribution < -0.4 is 10.6 Å². The first-order valence-electron chi connectivity index (χ1n) is 8.90. The second-order valence-corrected chi connectivity index (χ2v) is 6.92. The highest BCUT2D eigenvalue weighted by atomic mass is 19.4. The van der Waals surface area contributed by atoms with Crippen molar-refractivity contribution in [3.05, 3.63) is 58.9 Å². The van der Waals surface area contributed by atoms with Crippen molar-refractivity contribution in [3.8, 4) is 0 Å². The Bertz CT molecular complexity index is 1090. The van der Waals surface area contributed by atoms with Crippen molar-refractivity contribution in [2.24, 2.45) is 0 Å². The molecule has 0 saturated heterocycles. The maximum absolute atomic E-state index is 13.6. The molecule has 31 heavy (non-hydrogen) atoms. The van der Waals surface area contributed by atoms with Gasteiger partial charge in [0.1, 0.15) is 12.4 Å². The molecule has 0 atom stereocenters. The number of imidazole rings is 1. The van der Waals surface area contributed by atoms with Crippen LogP contribution in [0.25, 0.3) is 0 Å². The van der Waals surface area contributed by atoms with Gasteiger partial charge in [-0.25, -0.2) is 9.37 Å². The molecule has 2 heterocycles. The molecule has 164 valence electrons. The van der Waals surface area contributed by atoms with E-state index in [-0.39, 0.29) is 42.4 Å². The normalized spacial score (nSPS) is 13.7. The highest BCUT2D eigenvalue weighted by Gasteiger charge is 2.32. The molecule has 1 aromatic heterocycles. The molecule has 2 N–H and O–H groups in total. The highest BCUT2D eigenvalue weighted by Crippen LogP contribution is 2.31. The van der Waals surface area contributed by atoms with E-state index in [0.29, 0.717) is 12.1 Å². The van der Waals surface area contributed by atoms with Gasteiger partial charge >= 0.3 is 6.18 Å². The monoisotopic (exact) mass is 439 g/mol. The second kappa shape index (κ2) is 8.20. The third-order valence-corrected chi connectivity index (χ3v) is 4.29. The van der Waals surface area contributed by atoms with E-state index in [1.807, 2.05) is 0 Å². The van der Waals surface area contributed by atoms with Crippen LogP contribution in [0.15, 0.2) is 30.5 Å². The SMILES string of the molecule is CN(C)/C=C\C(=O)c1nc(NC(=O)c2cc(F)cc(C(F)(F)F)c2)c2n1CC(=O)NC2. The van der Waals surface area contributed by atoms with E-state index in [1.165, 1.54) is 16.8 Å². The van der Waals surface area contributed by atoms with Gasteiger partial charge in [0.15, 0.2) is 11.6 Å². The van der Waals surface area contributed by atoms with Crippen LogP contribution in [0.4, 0.5) is 23.4 Å². The van der Waals surface area contributed by atoms with E-state index in [2.05, 4.69) is 15.6 Å². The van der Waals surface area contributed by atoms with E-state index in [4.69, 9.17) is 0 Å². The number of nitrogens with zero attached hydrogens (tertiary/aromatic N) is 3. The van der Waals surface area contributed by atoms with Crippen LogP contribution in [0.5, 0.6) is 0 Å². The van der Waals surface area contributed by atoms with Gasteiger partial charge in [0.25, 0.3) is 5.91 Å². The summed E-state index contributed by atoms with van der Waals surface area (Å²) in [5.41, 5.74) is -1.61. The first-order chi connectivity index (χ1) is 14.5. The number of nitrogens with one attached hydrogen (secondary N) is 2. The summed E-state index contributed by atoms with van der Waals surface area (Å²) in [4.78, 5) is 42.4. The van der Waals surface area contributed by atoms with E-state index in [0.717, 1.165) is 0 Å². The number of hydrogen-bond donors (Lipinski definition) is 2. The van der Waals surface area contributed by atoms with Gasteiger partial charge in [-0.05, 0) is 18.2 Å². The van der Waals surface area contributed by atoms with Crippen molar-refractivity contribution in [2.75, 3.05) is 19.4 Å². The molecule has 0 radical (unpaired) electrons. The number of amides is 2. The third kappa shape index (κ3) is 4.90.